The smallest absolute Gasteiger partial charge is 0.304 e. The van der Waals surface area contributed by atoms with Gasteiger partial charge in [0, 0.05) is 29.8 Å². The van der Waals surface area contributed by atoms with Crippen molar-refractivity contribution >= 4 is 21.5 Å². The van der Waals surface area contributed by atoms with Crippen LogP contribution in [0.2, 0.25) is 0 Å². The van der Waals surface area contributed by atoms with Crippen LogP contribution in [-0.2, 0) is 20.1 Å². The van der Waals surface area contributed by atoms with Gasteiger partial charge in [-0.15, -0.1) is 102 Å². The van der Waals surface area contributed by atoms with E-state index in [1.807, 2.05) is 67.0 Å². The molecule has 0 radical (unpaired) electrons. The first-order chi connectivity index (χ1) is 39.6. The number of benzene rings is 11. The van der Waals surface area contributed by atoms with E-state index in [1.165, 1.54) is 21.5 Å². The number of fused-ring (bicyclic) bond motifs is 3. The summed E-state index contributed by atoms with van der Waals surface area (Å²) in [4.78, 5) is 15.2. The molecule has 0 saturated heterocycles. The van der Waals surface area contributed by atoms with E-state index in [0.29, 0.717) is 0 Å². The van der Waals surface area contributed by atoms with E-state index in [0.717, 1.165) is 123 Å². The molecule has 0 bridgehead atoms. The third-order valence-electron chi connectivity index (χ3n) is 15.2. The van der Waals surface area contributed by atoms with Crippen LogP contribution in [0, 0.1) is 18.2 Å². The molecule has 0 N–H and O–H groups in total. The standard InChI is InChI=1S/C77H48N3.Ir/c1-4-19-52(20-5-1)56-26-18-27-59(43-56)77-48-73(58-37-40-71-57(44-58)36-35-53-21-10-11-28-65(53)71)74(51-80-77)72-34-17-16-33-70(72)64-46-62(68-31-14-12-29-66(68)60-38-41-75(78-49-60)54-22-6-2-7-23-54)45-63(47-64)69-32-15-13-30-67(69)61-39-42-76(79-50-61)55-24-8-3-9-25-55;/h1-22,24,26-42,44-51H;/q-3;+3. The van der Waals surface area contributed by atoms with Gasteiger partial charge in [-0.05, 0) is 130 Å². The zero-order valence-electron chi connectivity index (χ0n) is 43.9. The van der Waals surface area contributed by atoms with Gasteiger partial charge in [0.2, 0.25) is 0 Å². The molecule has 4 heteroatoms. The van der Waals surface area contributed by atoms with Crippen molar-refractivity contribution in [3.63, 3.8) is 0 Å². The Morgan fingerprint density at radius 1 is 0.235 bits per heavy atom. The molecule has 0 fully saturated rings. The van der Waals surface area contributed by atoms with Gasteiger partial charge in [-0.1, -0.05) is 193 Å². The molecular weight excluding hydrogens is 1160 g/mol. The van der Waals surface area contributed by atoms with E-state index in [9.17, 15) is 0 Å². The number of hydrogen-bond acceptors (Lipinski definition) is 3. The van der Waals surface area contributed by atoms with Crippen molar-refractivity contribution in [2.75, 3.05) is 0 Å². The van der Waals surface area contributed by atoms with Gasteiger partial charge in [0.15, 0.2) is 0 Å². The fourth-order valence-electron chi connectivity index (χ4n) is 11.2. The van der Waals surface area contributed by atoms with Gasteiger partial charge in [0.1, 0.15) is 0 Å². The van der Waals surface area contributed by atoms with Gasteiger partial charge < -0.3 is 9.97 Å². The van der Waals surface area contributed by atoms with E-state index in [2.05, 4.69) is 243 Å². The minimum atomic E-state index is 0. The number of nitrogens with zero attached hydrogens (tertiary/aromatic N) is 3. The van der Waals surface area contributed by atoms with Crippen LogP contribution in [0.1, 0.15) is 0 Å². The Bertz CT molecular complexity index is 4410. The van der Waals surface area contributed by atoms with Crippen molar-refractivity contribution in [2.24, 2.45) is 0 Å². The Kier molecular flexibility index (Phi) is 14.0. The molecule has 380 valence electrons. The number of aromatic nitrogens is 3. The number of hydrogen-bond donors (Lipinski definition) is 0. The van der Waals surface area contributed by atoms with Crippen molar-refractivity contribution < 1.29 is 20.1 Å². The molecule has 3 aromatic heterocycles. The third-order valence-corrected chi connectivity index (χ3v) is 15.2. The van der Waals surface area contributed by atoms with Crippen LogP contribution < -0.4 is 0 Å². The molecule has 11 aromatic carbocycles. The Morgan fingerprint density at radius 3 is 1.28 bits per heavy atom. The summed E-state index contributed by atoms with van der Waals surface area (Å²) in [5.74, 6) is 0. The second-order valence-corrected chi connectivity index (χ2v) is 20.0. The van der Waals surface area contributed by atoms with Crippen LogP contribution in [0.25, 0.3) is 144 Å². The molecule has 3 heterocycles. The number of pyridine rings is 3. The molecule has 81 heavy (non-hydrogen) atoms. The largest absolute Gasteiger partial charge is 3.00 e. The summed E-state index contributed by atoms with van der Waals surface area (Å²) in [5.41, 5.74) is 22.6. The fourth-order valence-corrected chi connectivity index (χ4v) is 11.2. The van der Waals surface area contributed by atoms with Crippen LogP contribution >= 0.6 is 0 Å². The first-order valence-electron chi connectivity index (χ1n) is 27.0. The third kappa shape index (κ3) is 10.1. The Hall–Kier alpha value is -9.96. The first-order valence-corrected chi connectivity index (χ1v) is 27.0. The van der Waals surface area contributed by atoms with Crippen molar-refractivity contribution in [3.8, 4) is 123 Å². The fraction of sp³-hybridized carbons (Fsp3) is 0. The van der Waals surface area contributed by atoms with Gasteiger partial charge in [-0.3, -0.25) is 4.98 Å². The van der Waals surface area contributed by atoms with Crippen LogP contribution in [0.5, 0.6) is 0 Å². The Labute approximate surface area is 486 Å². The second kappa shape index (κ2) is 22.4. The van der Waals surface area contributed by atoms with E-state index in [4.69, 9.17) is 15.0 Å². The van der Waals surface area contributed by atoms with E-state index < -0.39 is 0 Å². The van der Waals surface area contributed by atoms with Crippen LogP contribution in [-0.4, -0.2) is 15.0 Å². The maximum Gasteiger partial charge on any atom is 3.00 e. The molecule has 0 atom stereocenters. The maximum absolute atomic E-state index is 5.31. The summed E-state index contributed by atoms with van der Waals surface area (Å²) < 4.78 is 0. The predicted molar refractivity (Wildman–Crippen MR) is 331 cm³/mol. The monoisotopic (exact) mass is 1210 g/mol. The van der Waals surface area contributed by atoms with Crippen molar-refractivity contribution in [2.45, 2.75) is 0 Å². The molecule has 0 aliphatic carbocycles. The molecular formula is C77H48IrN3. The van der Waals surface area contributed by atoms with Crippen LogP contribution in [0.3, 0.4) is 0 Å². The molecule has 0 unspecified atom stereocenters. The molecule has 0 saturated carbocycles. The molecule has 14 rings (SSSR count). The maximum atomic E-state index is 5.31. The van der Waals surface area contributed by atoms with Crippen LogP contribution in [0.4, 0.5) is 0 Å². The molecule has 3 nitrogen and oxygen atoms in total. The Morgan fingerprint density at radius 2 is 0.704 bits per heavy atom. The summed E-state index contributed by atoms with van der Waals surface area (Å²) >= 11 is 0. The zero-order valence-corrected chi connectivity index (χ0v) is 46.3. The normalized spacial score (nSPS) is 11.1. The van der Waals surface area contributed by atoms with Gasteiger partial charge in [0.05, 0.1) is 0 Å². The summed E-state index contributed by atoms with van der Waals surface area (Å²) in [6.45, 7) is 0. The quantitative estimate of drug-likeness (QED) is 0.0957. The minimum Gasteiger partial charge on any atom is -0.304 e. The Balaban J connectivity index is 0.00000618. The molecule has 14 aromatic rings. The summed E-state index contributed by atoms with van der Waals surface area (Å²) in [6.07, 6.45) is 6.04. The van der Waals surface area contributed by atoms with Gasteiger partial charge in [-0.25, -0.2) is 0 Å². The predicted octanol–water partition coefficient (Wildman–Crippen LogP) is 19.9. The van der Waals surface area contributed by atoms with Crippen LogP contribution in [0.15, 0.2) is 292 Å². The first kappa shape index (κ1) is 50.5. The zero-order chi connectivity index (χ0) is 53.2. The van der Waals surface area contributed by atoms with Crippen molar-refractivity contribution in [1.29, 1.82) is 0 Å². The van der Waals surface area contributed by atoms with E-state index >= 15 is 0 Å². The second-order valence-electron chi connectivity index (χ2n) is 20.0. The topological polar surface area (TPSA) is 38.7 Å². The SMILES string of the molecule is [Ir+3].[c-]1ccccc1-c1ccc(-c2ccccc2-c2cc(-c3ccccc3-c3ccc(-c4[c-]cccc4)nc3)cc(-c3ccccc3-c3cnc(-c4[c-]c(-c5ccccc5)ccc4)cc3-c3ccc4c(ccc5ccccc54)c3)c2)cn1. The minimum absolute atomic E-state index is 0. The molecule has 0 amide bonds. The van der Waals surface area contributed by atoms with Crippen molar-refractivity contribution in [1.82, 2.24) is 15.0 Å². The van der Waals surface area contributed by atoms with Gasteiger partial charge >= 0.3 is 20.1 Å². The van der Waals surface area contributed by atoms with Gasteiger partial charge in [-0.2, -0.15) is 0 Å². The number of rotatable bonds is 11. The van der Waals surface area contributed by atoms with Crippen molar-refractivity contribution in [3.05, 3.63) is 310 Å². The molecule has 0 spiro atoms. The summed E-state index contributed by atoms with van der Waals surface area (Å²) in [6, 6.07) is 107. The van der Waals surface area contributed by atoms with E-state index in [-0.39, 0.29) is 20.1 Å². The average Bonchev–Trinajstić information content (AvgIpc) is 3.66. The molecule has 0 aliphatic heterocycles. The van der Waals surface area contributed by atoms with Gasteiger partial charge in [0.25, 0.3) is 0 Å². The average molecular weight is 1210 g/mol. The van der Waals surface area contributed by atoms with E-state index in [1.54, 1.807) is 0 Å². The summed E-state index contributed by atoms with van der Waals surface area (Å²) in [7, 11) is 0. The summed E-state index contributed by atoms with van der Waals surface area (Å²) in [5, 5.41) is 4.86. The molecule has 0 aliphatic rings.